The number of nitrogens with zero attached hydrogens (tertiary/aromatic N) is 1. The Bertz CT molecular complexity index is 712. The molecule has 0 aliphatic carbocycles. The van der Waals surface area contributed by atoms with Gasteiger partial charge in [0.25, 0.3) is 5.56 Å². The Hall–Kier alpha value is -2.00. The minimum atomic E-state index is -0.598. The van der Waals surface area contributed by atoms with Crippen LogP contribution in [0.2, 0.25) is 0 Å². The van der Waals surface area contributed by atoms with Gasteiger partial charge in [0.15, 0.2) is 0 Å². The highest BCUT2D eigenvalue weighted by molar-refractivity contribution is 7.27. The second-order valence-corrected chi connectivity index (χ2v) is 4.89. The van der Waals surface area contributed by atoms with Crippen LogP contribution in [0, 0.1) is 5.82 Å². The van der Waals surface area contributed by atoms with Crippen LogP contribution in [-0.2, 0) is 11.3 Å². The van der Waals surface area contributed by atoms with Crippen molar-refractivity contribution in [1.82, 2.24) is 4.57 Å². The number of hydrogen-bond acceptors (Lipinski definition) is 3. The summed E-state index contributed by atoms with van der Waals surface area (Å²) in [6, 6.07) is 7.14. The van der Waals surface area contributed by atoms with E-state index in [0.29, 0.717) is 5.56 Å². The Labute approximate surface area is 117 Å². The van der Waals surface area contributed by atoms with E-state index in [1.54, 1.807) is 12.3 Å². The third-order valence-corrected chi connectivity index (χ3v) is 3.16. The fourth-order valence-corrected chi connectivity index (χ4v) is 2.05. The van der Waals surface area contributed by atoms with Crippen LogP contribution in [0.5, 0.6) is 0 Å². The van der Waals surface area contributed by atoms with E-state index in [4.69, 9.17) is 0 Å². The summed E-state index contributed by atoms with van der Waals surface area (Å²) < 4.78 is 19.9. The number of aromatic nitrogens is 1. The minimum Gasteiger partial charge on any atom is -0.465 e. The maximum Gasteiger partial charge on any atom is 0.337 e. The normalized spacial score (nSPS) is 10.3. The number of pyridine rings is 1. The van der Waals surface area contributed by atoms with Crippen LogP contribution < -0.4 is 10.9 Å². The van der Waals surface area contributed by atoms with Gasteiger partial charge in [-0.25, -0.2) is 9.18 Å². The van der Waals surface area contributed by atoms with Gasteiger partial charge >= 0.3 is 5.97 Å². The predicted octanol–water partition coefficient (Wildman–Crippen LogP) is 1.32. The Morgan fingerprint density at radius 2 is 2.10 bits per heavy atom. The van der Waals surface area contributed by atoms with Crippen molar-refractivity contribution in [3.05, 3.63) is 63.8 Å². The van der Waals surface area contributed by atoms with Crippen molar-refractivity contribution in [3.8, 4) is 0 Å². The Morgan fingerprint density at radius 3 is 2.75 bits per heavy atom. The molecule has 0 N–H and O–H groups in total. The first-order chi connectivity index (χ1) is 9.51. The molecule has 104 valence electrons. The topological polar surface area (TPSA) is 48.3 Å². The smallest absolute Gasteiger partial charge is 0.337 e. The first-order valence-corrected chi connectivity index (χ1v) is 6.41. The molecule has 0 fully saturated rings. The van der Waals surface area contributed by atoms with Gasteiger partial charge in [-0.05, 0) is 23.5 Å². The second-order valence-electron chi connectivity index (χ2n) is 4.23. The third kappa shape index (κ3) is 3.11. The van der Waals surface area contributed by atoms with Crippen molar-refractivity contribution in [3.63, 3.8) is 0 Å². The van der Waals surface area contributed by atoms with Crippen molar-refractivity contribution in [2.24, 2.45) is 0 Å². The molecule has 1 atom stereocenters. The summed E-state index contributed by atoms with van der Waals surface area (Å²) in [7, 11) is 3.71. The fraction of sp³-hybridized carbons (Fsp3) is 0.143. The first kappa shape index (κ1) is 14.4. The molecule has 1 heterocycles. The zero-order valence-corrected chi connectivity index (χ0v) is 12.0. The highest BCUT2D eigenvalue weighted by Gasteiger charge is 2.10. The standard InChI is InChI=1S/C14H13FNO3P/c1-19-14(18)9-2-3-10(12(15)6-9)7-16-8-11(20)4-5-13(16)17/h2-6,8H,7,20H2,1H3. The largest absolute Gasteiger partial charge is 0.465 e. The van der Waals surface area contributed by atoms with E-state index in [1.165, 1.54) is 29.9 Å². The van der Waals surface area contributed by atoms with Crippen LogP contribution in [0.4, 0.5) is 4.39 Å². The summed E-state index contributed by atoms with van der Waals surface area (Å²) in [5.74, 6) is -1.14. The average Bonchev–Trinajstić information content (AvgIpc) is 2.44. The van der Waals surface area contributed by atoms with E-state index in [2.05, 4.69) is 14.0 Å². The molecule has 0 bridgehead atoms. The highest BCUT2D eigenvalue weighted by atomic mass is 31.0. The summed E-state index contributed by atoms with van der Waals surface area (Å²) >= 11 is 0. The number of rotatable bonds is 3. The van der Waals surface area contributed by atoms with E-state index in [1.807, 2.05) is 0 Å². The fourth-order valence-electron chi connectivity index (χ4n) is 1.78. The molecular weight excluding hydrogens is 280 g/mol. The van der Waals surface area contributed by atoms with Crippen molar-refractivity contribution in [2.45, 2.75) is 6.54 Å². The second kappa shape index (κ2) is 5.97. The average molecular weight is 293 g/mol. The van der Waals surface area contributed by atoms with Crippen LogP contribution >= 0.6 is 9.24 Å². The lowest BCUT2D eigenvalue weighted by atomic mass is 10.1. The van der Waals surface area contributed by atoms with E-state index in [9.17, 15) is 14.0 Å². The van der Waals surface area contributed by atoms with Crippen LogP contribution in [0.3, 0.4) is 0 Å². The molecule has 0 spiro atoms. The molecular formula is C14H13FNO3P. The van der Waals surface area contributed by atoms with Crippen LogP contribution in [-0.4, -0.2) is 17.6 Å². The molecule has 2 rings (SSSR count). The van der Waals surface area contributed by atoms with Gasteiger partial charge in [0, 0.05) is 17.8 Å². The van der Waals surface area contributed by atoms with Gasteiger partial charge < -0.3 is 9.30 Å². The molecule has 6 heteroatoms. The van der Waals surface area contributed by atoms with Crippen molar-refractivity contribution in [2.75, 3.05) is 7.11 Å². The molecule has 1 unspecified atom stereocenters. The van der Waals surface area contributed by atoms with Gasteiger partial charge in [-0.1, -0.05) is 6.07 Å². The number of ether oxygens (including phenoxy) is 1. The molecule has 0 saturated carbocycles. The van der Waals surface area contributed by atoms with E-state index in [-0.39, 0.29) is 17.7 Å². The van der Waals surface area contributed by atoms with Crippen LogP contribution in [0.15, 0.2) is 41.3 Å². The number of esters is 1. The van der Waals surface area contributed by atoms with Crippen LogP contribution in [0.25, 0.3) is 0 Å². The predicted molar refractivity (Wildman–Crippen MR) is 76.9 cm³/mol. The summed E-state index contributed by atoms with van der Waals surface area (Å²) in [5.41, 5.74) is 0.254. The zero-order valence-electron chi connectivity index (χ0n) is 10.8. The van der Waals surface area contributed by atoms with E-state index in [0.717, 1.165) is 11.4 Å². The summed E-state index contributed by atoms with van der Waals surface area (Å²) in [6.45, 7) is 0.106. The van der Waals surface area contributed by atoms with Crippen molar-refractivity contribution in [1.29, 1.82) is 0 Å². The molecule has 0 saturated heterocycles. The quantitative estimate of drug-likeness (QED) is 0.633. The maximum absolute atomic E-state index is 13.9. The maximum atomic E-state index is 13.9. The number of benzene rings is 1. The Balaban J connectivity index is 2.33. The van der Waals surface area contributed by atoms with Gasteiger partial charge in [0.05, 0.1) is 19.2 Å². The number of carbonyl (C=O) groups excluding carboxylic acids is 1. The molecule has 4 nitrogen and oxygen atoms in total. The Morgan fingerprint density at radius 1 is 1.35 bits per heavy atom. The SMILES string of the molecule is COC(=O)c1ccc(Cn2cc(P)ccc2=O)c(F)c1. The minimum absolute atomic E-state index is 0.106. The number of methoxy groups -OCH3 is 1. The molecule has 0 radical (unpaired) electrons. The molecule has 0 aliphatic heterocycles. The summed E-state index contributed by atoms with van der Waals surface area (Å²) in [4.78, 5) is 23.0. The van der Waals surface area contributed by atoms with Gasteiger partial charge in [-0.3, -0.25) is 4.79 Å². The van der Waals surface area contributed by atoms with Crippen molar-refractivity contribution >= 4 is 20.5 Å². The zero-order chi connectivity index (χ0) is 14.7. The molecule has 2 aromatic rings. The lowest BCUT2D eigenvalue weighted by Crippen LogP contribution is -2.22. The van der Waals surface area contributed by atoms with Crippen LogP contribution in [0.1, 0.15) is 15.9 Å². The number of carbonyl (C=O) groups is 1. The summed E-state index contributed by atoms with van der Waals surface area (Å²) in [5, 5.41) is 0.830. The monoisotopic (exact) mass is 293 g/mol. The van der Waals surface area contributed by atoms with Gasteiger partial charge in [0.2, 0.25) is 0 Å². The highest BCUT2D eigenvalue weighted by Crippen LogP contribution is 2.12. The van der Waals surface area contributed by atoms with E-state index < -0.39 is 11.8 Å². The lowest BCUT2D eigenvalue weighted by Gasteiger charge is -2.08. The first-order valence-electron chi connectivity index (χ1n) is 5.84. The van der Waals surface area contributed by atoms with E-state index >= 15 is 0 Å². The number of hydrogen-bond donors (Lipinski definition) is 0. The third-order valence-electron chi connectivity index (χ3n) is 2.82. The van der Waals surface area contributed by atoms with Gasteiger partial charge in [-0.15, -0.1) is 9.24 Å². The molecule has 1 aromatic carbocycles. The summed E-state index contributed by atoms with van der Waals surface area (Å²) in [6.07, 6.45) is 1.63. The molecule has 1 aromatic heterocycles. The lowest BCUT2D eigenvalue weighted by molar-refractivity contribution is 0.0600. The molecule has 0 amide bonds. The molecule has 20 heavy (non-hydrogen) atoms. The number of halogens is 1. The van der Waals surface area contributed by atoms with Gasteiger partial charge in [-0.2, -0.15) is 0 Å². The van der Waals surface area contributed by atoms with Gasteiger partial charge in [0.1, 0.15) is 5.82 Å². The molecule has 0 aliphatic rings. The van der Waals surface area contributed by atoms with Crippen molar-refractivity contribution < 1.29 is 13.9 Å². The Kier molecular flexibility index (Phi) is 4.30.